The number of piperidine rings is 1. The molecule has 2 aromatic carbocycles. The van der Waals surface area contributed by atoms with Gasteiger partial charge in [-0.2, -0.15) is 0 Å². The van der Waals surface area contributed by atoms with Crippen LogP contribution in [0.4, 0.5) is 4.39 Å². The number of nitrogens with zero attached hydrogens (tertiary/aromatic N) is 1. The first kappa shape index (κ1) is 16.6. The molecule has 0 unspecified atom stereocenters. The summed E-state index contributed by atoms with van der Waals surface area (Å²) in [6, 6.07) is 11.6. The van der Waals surface area contributed by atoms with E-state index in [-0.39, 0.29) is 28.2 Å². The fourth-order valence-corrected chi connectivity index (χ4v) is 4.86. The second kappa shape index (κ2) is 5.84. The smallest absolute Gasteiger partial charge is 0.222 e. The molecule has 0 spiro atoms. The average molecular weight is 358 g/mol. The number of carbonyl (C=O) groups excluding carboxylic acids is 1. The van der Waals surface area contributed by atoms with Gasteiger partial charge >= 0.3 is 0 Å². The second-order valence-corrected chi connectivity index (χ2v) is 7.86. The van der Waals surface area contributed by atoms with Crippen LogP contribution < -0.4 is 0 Å². The van der Waals surface area contributed by atoms with Gasteiger partial charge in [0.05, 0.1) is 5.02 Å². The topological polar surface area (TPSA) is 20.3 Å². The number of hydrogen-bond donors (Lipinski definition) is 0. The van der Waals surface area contributed by atoms with Gasteiger partial charge in [-0.25, -0.2) is 4.39 Å². The fourth-order valence-electron chi connectivity index (χ4n) is 4.68. The van der Waals surface area contributed by atoms with Crippen molar-refractivity contribution in [3.63, 3.8) is 0 Å². The molecular formula is C21H21ClFNO. The van der Waals surface area contributed by atoms with E-state index < -0.39 is 0 Å². The van der Waals surface area contributed by atoms with Crippen molar-refractivity contribution in [2.24, 2.45) is 0 Å². The number of fused-ring (bicyclic) bond motifs is 3. The monoisotopic (exact) mass is 357 g/mol. The van der Waals surface area contributed by atoms with Crippen LogP contribution in [0.25, 0.3) is 11.1 Å². The molecule has 25 heavy (non-hydrogen) atoms. The molecule has 4 rings (SSSR count). The van der Waals surface area contributed by atoms with Crippen LogP contribution in [-0.2, 0) is 16.6 Å². The first-order chi connectivity index (χ1) is 11.9. The SMILES string of the molecule is CN1C(=O)CC[C@]2(C)c3ccc(-c4cccc(Cl)c4F)cc3CC[C@@H]12. The zero-order valence-corrected chi connectivity index (χ0v) is 15.2. The zero-order valence-electron chi connectivity index (χ0n) is 14.5. The maximum atomic E-state index is 14.4. The van der Waals surface area contributed by atoms with Gasteiger partial charge in [-0.15, -0.1) is 0 Å². The number of amides is 1. The van der Waals surface area contributed by atoms with Crippen LogP contribution >= 0.6 is 11.6 Å². The van der Waals surface area contributed by atoms with Crippen LogP contribution in [0.1, 0.15) is 37.3 Å². The minimum atomic E-state index is -0.369. The Morgan fingerprint density at radius 3 is 2.84 bits per heavy atom. The van der Waals surface area contributed by atoms with Crippen molar-refractivity contribution in [2.45, 2.75) is 44.1 Å². The lowest BCUT2D eigenvalue weighted by molar-refractivity contribution is -0.138. The summed E-state index contributed by atoms with van der Waals surface area (Å²) in [7, 11) is 1.92. The normalized spacial score (nSPS) is 25.5. The maximum absolute atomic E-state index is 14.4. The highest BCUT2D eigenvalue weighted by molar-refractivity contribution is 6.31. The molecule has 1 saturated heterocycles. The fraction of sp³-hybridized carbons (Fsp3) is 0.381. The van der Waals surface area contributed by atoms with Gasteiger partial charge in [0, 0.05) is 30.5 Å². The molecule has 1 fully saturated rings. The highest BCUT2D eigenvalue weighted by atomic mass is 35.5. The van der Waals surface area contributed by atoms with Crippen LogP contribution in [0, 0.1) is 5.82 Å². The van der Waals surface area contributed by atoms with E-state index >= 15 is 0 Å². The first-order valence-electron chi connectivity index (χ1n) is 8.75. The van der Waals surface area contributed by atoms with Crippen molar-refractivity contribution >= 4 is 17.5 Å². The van der Waals surface area contributed by atoms with E-state index in [2.05, 4.69) is 19.1 Å². The molecule has 1 aliphatic heterocycles. The summed E-state index contributed by atoms with van der Waals surface area (Å²) in [6.45, 7) is 2.26. The number of likely N-dealkylation sites (N-methyl/N-ethyl adjacent to an activating group) is 1. The summed E-state index contributed by atoms with van der Waals surface area (Å²) in [5.74, 6) is -0.129. The van der Waals surface area contributed by atoms with E-state index in [4.69, 9.17) is 11.6 Å². The van der Waals surface area contributed by atoms with Crippen molar-refractivity contribution < 1.29 is 9.18 Å². The third-order valence-corrected chi connectivity index (χ3v) is 6.42. The Labute approximate surface area is 152 Å². The molecule has 2 atom stereocenters. The van der Waals surface area contributed by atoms with E-state index in [1.165, 1.54) is 11.1 Å². The van der Waals surface area contributed by atoms with Crippen LogP contribution in [0.2, 0.25) is 5.02 Å². The van der Waals surface area contributed by atoms with Gasteiger partial charge in [-0.05, 0) is 42.0 Å². The van der Waals surface area contributed by atoms with Gasteiger partial charge in [-0.3, -0.25) is 4.79 Å². The molecule has 0 aromatic heterocycles. The number of likely N-dealkylation sites (tertiary alicyclic amines) is 1. The lowest BCUT2D eigenvalue weighted by Crippen LogP contribution is -2.56. The molecule has 0 N–H and O–H groups in total. The maximum Gasteiger partial charge on any atom is 0.222 e. The highest BCUT2D eigenvalue weighted by Gasteiger charge is 2.46. The molecule has 2 aliphatic rings. The molecule has 0 radical (unpaired) electrons. The van der Waals surface area contributed by atoms with E-state index in [1.54, 1.807) is 18.2 Å². The molecule has 0 saturated carbocycles. The first-order valence-corrected chi connectivity index (χ1v) is 9.13. The molecule has 1 amide bonds. The number of carbonyl (C=O) groups is 1. The summed E-state index contributed by atoms with van der Waals surface area (Å²) in [6.07, 6.45) is 3.32. The van der Waals surface area contributed by atoms with Crippen LogP contribution in [0.3, 0.4) is 0 Å². The second-order valence-electron chi connectivity index (χ2n) is 7.45. The Kier molecular flexibility index (Phi) is 3.88. The lowest BCUT2D eigenvalue weighted by Gasteiger charge is -2.50. The van der Waals surface area contributed by atoms with E-state index in [9.17, 15) is 9.18 Å². The van der Waals surface area contributed by atoms with Gasteiger partial charge in [0.2, 0.25) is 5.91 Å². The van der Waals surface area contributed by atoms with E-state index in [1.807, 2.05) is 18.0 Å². The lowest BCUT2D eigenvalue weighted by atomic mass is 9.63. The quantitative estimate of drug-likeness (QED) is 0.705. The largest absolute Gasteiger partial charge is 0.342 e. The predicted molar refractivity (Wildman–Crippen MR) is 98.3 cm³/mol. The minimum Gasteiger partial charge on any atom is -0.342 e. The Morgan fingerprint density at radius 1 is 1.24 bits per heavy atom. The van der Waals surface area contributed by atoms with Gasteiger partial charge in [0.15, 0.2) is 0 Å². The summed E-state index contributed by atoms with van der Waals surface area (Å²) < 4.78 is 14.4. The third kappa shape index (κ3) is 2.48. The van der Waals surface area contributed by atoms with Gasteiger partial charge in [0.25, 0.3) is 0 Å². The molecule has 1 aliphatic carbocycles. The van der Waals surface area contributed by atoms with Crippen LogP contribution in [0.5, 0.6) is 0 Å². The number of rotatable bonds is 1. The van der Waals surface area contributed by atoms with Crippen molar-refractivity contribution in [1.82, 2.24) is 4.90 Å². The highest BCUT2D eigenvalue weighted by Crippen LogP contribution is 2.46. The molecular weight excluding hydrogens is 337 g/mol. The Hall–Kier alpha value is -1.87. The van der Waals surface area contributed by atoms with Gasteiger partial charge < -0.3 is 4.90 Å². The summed E-state index contributed by atoms with van der Waals surface area (Å²) in [4.78, 5) is 14.0. The molecule has 130 valence electrons. The zero-order chi connectivity index (χ0) is 17.8. The number of halogens is 2. The number of aryl methyl sites for hydroxylation is 1. The molecule has 0 bridgehead atoms. The van der Waals surface area contributed by atoms with E-state index in [0.29, 0.717) is 12.0 Å². The van der Waals surface area contributed by atoms with Crippen LogP contribution in [-0.4, -0.2) is 23.9 Å². The summed E-state index contributed by atoms with van der Waals surface area (Å²) in [5.41, 5.74) is 3.94. The predicted octanol–water partition coefficient (Wildman–Crippen LogP) is 4.97. The molecule has 4 heteroatoms. The Morgan fingerprint density at radius 2 is 2.04 bits per heavy atom. The third-order valence-electron chi connectivity index (χ3n) is 6.12. The van der Waals surface area contributed by atoms with Gasteiger partial charge in [-0.1, -0.05) is 48.9 Å². The van der Waals surface area contributed by atoms with Crippen LogP contribution in [0.15, 0.2) is 36.4 Å². The average Bonchev–Trinajstić information content (AvgIpc) is 2.60. The summed E-state index contributed by atoms with van der Waals surface area (Å²) >= 11 is 5.94. The number of hydrogen-bond acceptors (Lipinski definition) is 1. The van der Waals surface area contributed by atoms with Crippen molar-refractivity contribution in [2.75, 3.05) is 7.05 Å². The van der Waals surface area contributed by atoms with Crippen molar-refractivity contribution in [3.05, 3.63) is 58.4 Å². The summed E-state index contributed by atoms with van der Waals surface area (Å²) in [5, 5.41) is 0.148. The molecule has 2 aromatic rings. The minimum absolute atomic E-state index is 0.0261. The standard InChI is InChI=1S/C21H21ClFNO/c1-21-11-10-19(25)24(2)18(21)9-7-14-12-13(6-8-16(14)21)15-4-3-5-17(22)20(15)23/h3-6,8,12,18H,7,9-11H2,1-2H3/t18-,21-/m1/s1. The Bertz CT molecular complexity index is 865. The van der Waals surface area contributed by atoms with Gasteiger partial charge in [0.1, 0.15) is 5.82 Å². The number of benzene rings is 2. The molecule has 2 nitrogen and oxygen atoms in total. The van der Waals surface area contributed by atoms with Crippen molar-refractivity contribution in [3.8, 4) is 11.1 Å². The molecule has 1 heterocycles. The van der Waals surface area contributed by atoms with E-state index in [0.717, 1.165) is 24.8 Å². The Balaban J connectivity index is 1.78. The van der Waals surface area contributed by atoms with Crippen molar-refractivity contribution in [1.29, 1.82) is 0 Å².